The average Bonchev–Trinajstić information content (AvgIpc) is 2.63. The van der Waals surface area contributed by atoms with E-state index in [1.807, 2.05) is 6.92 Å². The second-order valence-corrected chi connectivity index (χ2v) is 3.20. The van der Waals surface area contributed by atoms with E-state index in [2.05, 4.69) is 0 Å². The van der Waals surface area contributed by atoms with E-state index in [4.69, 9.17) is 20.4 Å². The van der Waals surface area contributed by atoms with Crippen LogP contribution >= 0.6 is 0 Å². The van der Waals surface area contributed by atoms with Crippen molar-refractivity contribution in [1.29, 1.82) is 0 Å². The number of ether oxygens (including phenoxy) is 1. The van der Waals surface area contributed by atoms with Crippen LogP contribution in [0.25, 0.3) is 0 Å². The summed E-state index contributed by atoms with van der Waals surface area (Å²) in [6, 6.07) is 0.106. The molecule has 0 aromatic carbocycles. The monoisotopic (exact) mass is 258 g/mol. The van der Waals surface area contributed by atoms with Crippen molar-refractivity contribution in [1.82, 2.24) is 4.90 Å². The molecule has 0 saturated carbocycles. The standard InChI is InChI=1S/C6H12N2O2.C2HF3O2/c1-5(4-7)8-2-3-10-6(8)9;3-2(4,5)1(6)7/h5H,2-4,7H2,1H3;(H,6,7). The molecule has 1 rings (SSSR count). The van der Waals surface area contributed by atoms with Gasteiger partial charge in [0.25, 0.3) is 0 Å². The summed E-state index contributed by atoms with van der Waals surface area (Å²) in [5, 5.41) is 7.12. The number of nitrogens with zero attached hydrogens (tertiary/aromatic N) is 1. The number of carbonyl (C=O) groups excluding carboxylic acids is 1. The fraction of sp³-hybridized carbons (Fsp3) is 0.750. The second kappa shape index (κ2) is 6.28. The highest BCUT2D eigenvalue weighted by molar-refractivity contribution is 5.73. The van der Waals surface area contributed by atoms with Crippen molar-refractivity contribution in [3.05, 3.63) is 0 Å². The van der Waals surface area contributed by atoms with Gasteiger partial charge < -0.3 is 20.5 Å². The Morgan fingerprint density at radius 3 is 2.35 bits per heavy atom. The minimum absolute atomic E-state index is 0.106. The Bertz CT molecular complexity index is 282. The topological polar surface area (TPSA) is 92.9 Å². The number of amides is 1. The van der Waals surface area contributed by atoms with E-state index < -0.39 is 12.1 Å². The lowest BCUT2D eigenvalue weighted by Crippen LogP contribution is -2.38. The molecule has 1 aliphatic rings. The predicted octanol–water partition coefficient (Wildman–Crippen LogP) is 0.419. The number of carbonyl (C=O) groups is 2. The number of alkyl halides is 3. The summed E-state index contributed by atoms with van der Waals surface area (Å²) in [7, 11) is 0. The molecule has 0 radical (unpaired) electrons. The number of cyclic esters (lactones) is 1. The molecule has 1 amide bonds. The van der Waals surface area contributed by atoms with Crippen molar-refractivity contribution in [2.75, 3.05) is 19.7 Å². The molecule has 1 saturated heterocycles. The van der Waals surface area contributed by atoms with Crippen LogP contribution in [0.5, 0.6) is 0 Å². The maximum atomic E-state index is 10.8. The van der Waals surface area contributed by atoms with Gasteiger partial charge >= 0.3 is 18.2 Å². The summed E-state index contributed by atoms with van der Waals surface area (Å²) in [4.78, 5) is 21.4. The molecule has 1 atom stereocenters. The van der Waals surface area contributed by atoms with E-state index >= 15 is 0 Å². The van der Waals surface area contributed by atoms with Gasteiger partial charge in [-0.05, 0) is 6.92 Å². The predicted molar refractivity (Wildman–Crippen MR) is 50.3 cm³/mol. The summed E-state index contributed by atoms with van der Waals surface area (Å²) >= 11 is 0. The molecule has 1 unspecified atom stereocenters. The molecule has 1 fully saturated rings. The van der Waals surface area contributed by atoms with Gasteiger partial charge in [-0.1, -0.05) is 0 Å². The highest BCUT2D eigenvalue weighted by atomic mass is 19.4. The molecule has 1 heterocycles. The molecule has 17 heavy (non-hydrogen) atoms. The lowest BCUT2D eigenvalue weighted by molar-refractivity contribution is -0.192. The van der Waals surface area contributed by atoms with Gasteiger partial charge in [-0.15, -0.1) is 0 Å². The zero-order valence-electron chi connectivity index (χ0n) is 9.03. The van der Waals surface area contributed by atoms with Gasteiger partial charge in [0.05, 0.1) is 6.54 Å². The van der Waals surface area contributed by atoms with Gasteiger partial charge in [0, 0.05) is 12.6 Å². The Hall–Kier alpha value is -1.51. The maximum Gasteiger partial charge on any atom is 0.490 e. The highest BCUT2D eigenvalue weighted by Gasteiger charge is 2.38. The number of hydrogen-bond donors (Lipinski definition) is 2. The van der Waals surface area contributed by atoms with Crippen LogP contribution in [0, 0.1) is 0 Å². The summed E-state index contributed by atoms with van der Waals surface area (Å²) in [5.41, 5.74) is 5.36. The Balaban J connectivity index is 0.000000325. The fourth-order valence-corrected chi connectivity index (χ4v) is 0.933. The number of carboxylic acid groups (broad SMARTS) is 1. The highest BCUT2D eigenvalue weighted by Crippen LogP contribution is 2.13. The molecule has 0 bridgehead atoms. The van der Waals surface area contributed by atoms with Gasteiger partial charge in [-0.2, -0.15) is 13.2 Å². The van der Waals surface area contributed by atoms with E-state index in [9.17, 15) is 18.0 Å². The summed E-state index contributed by atoms with van der Waals surface area (Å²) in [6.07, 6.45) is -5.32. The molecule has 9 heteroatoms. The second-order valence-electron chi connectivity index (χ2n) is 3.20. The molecule has 0 aromatic rings. The smallest absolute Gasteiger partial charge is 0.475 e. The lowest BCUT2D eigenvalue weighted by Gasteiger charge is -2.19. The first kappa shape index (κ1) is 15.5. The third-order valence-corrected chi connectivity index (χ3v) is 1.91. The largest absolute Gasteiger partial charge is 0.490 e. The first-order chi connectivity index (χ1) is 7.70. The SMILES string of the molecule is CC(CN)N1CCOC1=O.O=C(O)C(F)(F)F. The molecular weight excluding hydrogens is 245 g/mol. The van der Waals surface area contributed by atoms with E-state index in [-0.39, 0.29) is 12.1 Å². The number of halogens is 3. The number of carboxylic acids is 1. The Kier molecular flexibility index (Phi) is 5.72. The molecule has 0 aromatic heterocycles. The quantitative estimate of drug-likeness (QED) is 0.748. The Morgan fingerprint density at radius 2 is 2.12 bits per heavy atom. The molecule has 0 spiro atoms. The molecule has 100 valence electrons. The minimum atomic E-state index is -5.08. The number of nitrogens with two attached hydrogens (primary N) is 1. The van der Waals surface area contributed by atoms with Crippen molar-refractivity contribution in [3.63, 3.8) is 0 Å². The van der Waals surface area contributed by atoms with Crippen molar-refractivity contribution in [2.45, 2.75) is 19.1 Å². The van der Waals surface area contributed by atoms with Crippen molar-refractivity contribution in [2.24, 2.45) is 5.73 Å². The van der Waals surface area contributed by atoms with Gasteiger partial charge in [-0.25, -0.2) is 9.59 Å². The molecule has 0 aliphatic carbocycles. The first-order valence-corrected chi connectivity index (χ1v) is 4.63. The van der Waals surface area contributed by atoms with Crippen molar-refractivity contribution in [3.8, 4) is 0 Å². The van der Waals surface area contributed by atoms with Crippen LogP contribution in [-0.2, 0) is 9.53 Å². The zero-order chi connectivity index (χ0) is 13.6. The Labute approximate surface area is 95.1 Å². The van der Waals surface area contributed by atoms with Gasteiger partial charge in [-0.3, -0.25) is 0 Å². The Morgan fingerprint density at radius 1 is 1.65 bits per heavy atom. The van der Waals surface area contributed by atoms with Crippen molar-refractivity contribution < 1.29 is 32.6 Å². The first-order valence-electron chi connectivity index (χ1n) is 4.63. The van der Waals surface area contributed by atoms with Crippen LogP contribution in [0.1, 0.15) is 6.92 Å². The molecule has 6 nitrogen and oxygen atoms in total. The number of hydrogen-bond acceptors (Lipinski definition) is 4. The van der Waals surface area contributed by atoms with Crippen LogP contribution in [0.2, 0.25) is 0 Å². The molecular formula is C8H13F3N2O4. The van der Waals surface area contributed by atoms with E-state index in [1.54, 1.807) is 4.90 Å². The van der Waals surface area contributed by atoms with Gasteiger partial charge in [0.15, 0.2) is 0 Å². The van der Waals surface area contributed by atoms with Crippen LogP contribution < -0.4 is 5.73 Å². The molecule has 3 N–H and O–H groups in total. The summed E-state index contributed by atoms with van der Waals surface area (Å²) in [5.74, 6) is -2.76. The van der Waals surface area contributed by atoms with Gasteiger partial charge in [0.2, 0.25) is 0 Å². The fourth-order valence-electron chi connectivity index (χ4n) is 0.933. The molecule has 1 aliphatic heterocycles. The van der Waals surface area contributed by atoms with Crippen LogP contribution in [0.3, 0.4) is 0 Å². The number of aliphatic carboxylic acids is 1. The van der Waals surface area contributed by atoms with Crippen LogP contribution in [0.4, 0.5) is 18.0 Å². The maximum absolute atomic E-state index is 10.8. The summed E-state index contributed by atoms with van der Waals surface area (Å²) < 4.78 is 36.5. The zero-order valence-corrected chi connectivity index (χ0v) is 9.03. The van der Waals surface area contributed by atoms with E-state index in [0.29, 0.717) is 19.7 Å². The van der Waals surface area contributed by atoms with Crippen LogP contribution in [-0.4, -0.2) is 54.0 Å². The van der Waals surface area contributed by atoms with Crippen LogP contribution in [0.15, 0.2) is 0 Å². The van der Waals surface area contributed by atoms with E-state index in [1.165, 1.54) is 0 Å². The third kappa shape index (κ3) is 5.38. The lowest BCUT2D eigenvalue weighted by atomic mass is 10.3. The van der Waals surface area contributed by atoms with Crippen molar-refractivity contribution >= 4 is 12.1 Å². The summed E-state index contributed by atoms with van der Waals surface area (Å²) in [6.45, 7) is 3.59. The minimum Gasteiger partial charge on any atom is -0.475 e. The normalized spacial score (nSPS) is 17.0. The van der Waals surface area contributed by atoms with Gasteiger partial charge in [0.1, 0.15) is 6.61 Å². The average molecular weight is 258 g/mol. The van der Waals surface area contributed by atoms with E-state index in [0.717, 1.165) is 0 Å². The number of rotatable bonds is 2. The third-order valence-electron chi connectivity index (χ3n) is 1.91.